The summed E-state index contributed by atoms with van der Waals surface area (Å²) in [6, 6.07) is 8.36. The third kappa shape index (κ3) is 7.95. The Morgan fingerprint density at radius 2 is 2.13 bits per heavy atom. The summed E-state index contributed by atoms with van der Waals surface area (Å²) in [5.74, 6) is 3.06. The number of hydrogen-bond donors (Lipinski definition) is 1. The van der Waals surface area contributed by atoms with Gasteiger partial charge in [-0.3, -0.25) is 9.69 Å². The van der Waals surface area contributed by atoms with Gasteiger partial charge in [-0.2, -0.15) is 11.8 Å². The predicted molar refractivity (Wildman–Crippen MR) is 119 cm³/mol. The van der Waals surface area contributed by atoms with Gasteiger partial charge in [-0.25, -0.2) is 4.68 Å². The second-order valence-electron chi connectivity index (χ2n) is 7.56. The van der Waals surface area contributed by atoms with Crippen LogP contribution in [0.4, 0.5) is 0 Å². The molecule has 2 aromatic rings. The molecule has 8 nitrogen and oxygen atoms in total. The lowest BCUT2D eigenvalue weighted by Crippen LogP contribution is -2.29. The van der Waals surface area contributed by atoms with Gasteiger partial charge in [0.25, 0.3) is 0 Å². The third-order valence-electron chi connectivity index (χ3n) is 5.08. The Balaban J connectivity index is 1.23. The van der Waals surface area contributed by atoms with Gasteiger partial charge in [0.05, 0.1) is 12.4 Å². The molecule has 1 aliphatic rings. The van der Waals surface area contributed by atoms with Crippen molar-refractivity contribution in [3.8, 4) is 5.75 Å². The summed E-state index contributed by atoms with van der Waals surface area (Å²) in [4.78, 5) is 14.4. The number of nitrogens with one attached hydrogen (secondary N) is 1. The van der Waals surface area contributed by atoms with Gasteiger partial charge >= 0.3 is 0 Å². The Hall–Kier alpha value is -2.13. The lowest BCUT2D eigenvalue weighted by Gasteiger charge is -2.26. The molecule has 1 amide bonds. The lowest BCUT2D eigenvalue weighted by molar-refractivity contribution is -0.118. The Labute approximate surface area is 182 Å². The van der Waals surface area contributed by atoms with E-state index in [0.717, 1.165) is 36.7 Å². The molecular formula is C21H32N6O2S. The first-order chi connectivity index (χ1) is 14.7. The fraction of sp³-hybridized carbons (Fsp3) is 0.619. The van der Waals surface area contributed by atoms with Crippen LogP contribution in [-0.2, 0) is 24.8 Å². The number of carbonyl (C=O) groups excluding carboxylic acids is 1. The van der Waals surface area contributed by atoms with Crippen LogP contribution in [0, 0.1) is 0 Å². The highest BCUT2D eigenvalue weighted by atomic mass is 32.2. The first-order valence-electron chi connectivity index (χ1n) is 10.7. The van der Waals surface area contributed by atoms with Crippen LogP contribution in [0.5, 0.6) is 5.75 Å². The van der Waals surface area contributed by atoms with E-state index < -0.39 is 0 Å². The van der Waals surface area contributed by atoms with Crippen molar-refractivity contribution in [2.24, 2.45) is 7.05 Å². The van der Waals surface area contributed by atoms with Crippen molar-refractivity contribution in [3.63, 3.8) is 0 Å². The van der Waals surface area contributed by atoms with Crippen LogP contribution in [0.15, 0.2) is 24.3 Å². The molecule has 1 saturated heterocycles. The molecule has 9 heteroatoms. The van der Waals surface area contributed by atoms with E-state index in [1.165, 1.54) is 37.9 Å². The summed E-state index contributed by atoms with van der Waals surface area (Å²) < 4.78 is 7.53. The third-order valence-corrected chi connectivity index (χ3v) is 6.04. The topological polar surface area (TPSA) is 85.2 Å². The Kier molecular flexibility index (Phi) is 9.43. The smallest absolute Gasteiger partial charge is 0.229 e. The van der Waals surface area contributed by atoms with Gasteiger partial charge in [-0.1, -0.05) is 18.6 Å². The first kappa shape index (κ1) is 22.6. The number of thioether (sulfide) groups is 1. The van der Waals surface area contributed by atoms with E-state index in [-0.39, 0.29) is 5.91 Å². The molecule has 1 aromatic heterocycles. The van der Waals surface area contributed by atoms with E-state index in [2.05, 4.69) is 43.9 Å². The molecule has 0 unspecified atom stereocenters. The molecule has 164 valence electrons. The van der Waals surface area contributed by atoms with Gasteiger partial charge < -0.3 is 10.1 Å². The SMILES string of the molecule is Cn1nnnc1CCSCC(=O)NCCCOc1cccc(CN2CCCCC2)c1. The molecule has 1 N–H and O–H groups in total. The normalized spacial score (nSPS) is 14.6. The molecular weight excluding hydrogens is 400 g/mol. The van der Waals surface area contributed by atoms with Gasteiger partial charge in [-0.15, -0.1) is 5.10 Å². The van der Waals surface area contributed by atoms with Crippen molar-refractivity contribution in [3.05, 3.63) is 35.7 Å². The second-order valence-corrected chi connectivity index (χ2v) is 8.66. The number of aromatic nitrogens is 4. The largest absolute Gasteiger partial charge is 0.494 e. The van der Waals surface area contributed by atoms with E-state index in [1.54, 1.807) is 16.4 Å². The molecule has 0 saturated carbocycles. The minimum Gasteiger partial charge on any atom is -0.494 e. The van der Waals surface area contributed by atoms with Crippen molar-refractivity contribution in [1.29, 1.82) is 0 Å². The number of piperidine rings is 1. The number of benzene rings is 1. The zero-order valence-electron chi connectivity index (χ0n) is 17.8. The number of ether oxygens (including phenoxy) is 1. The van der Waals surface area contributed by atoms with E-state index in [9.17, 15) is 4.79 Å². The average molecular weight is 433 g/mol. The van der Waals surface area contributed by atoms with Crippen LogP contribution in [-0.4, -0.2) is 68.8 Å². The summed E-state index contributed by atoms with van der Waals surface area (Å²) in [6.45, 7) is 4.61. The van der Waals surface area contributed by atoms with E-state index in [4.69, 9.17) is 4.74 Å². The number of likely N-dealkylation sites (tertiary alicyclic amines) is 1. The summed E-state index contributed by atoms with van der Waals surface area (Å²) in [7, 11) is 1.82. The molecule has 0 aliphatic carbocycles. The van der Waals surface area contributed by atoms with Gasteiger partial charge in [-0.05, 0) is 60.5 Å². The minimum atomic E-state index is 0.0552. The number of rotatable bonds is 12. The number of tetrazole rings is 1. The summed E-state index contributed by atoms with van der Waals surface area (Å²) >= 11 is 1.59. The van der Waals surface area contributed by atoms with Crippen LogP contribution < -0.4 is 10.1 Å². The number of hydrogen-bond acceptors (Lipinski definition) is 7. The van der Waals surface area contributed by atoms with Crippen LogP contribution in [0.2, 0.25) is 0 Å². The summed E-state index contributed by atoms with van der Waals surface area (Å²) in [5.41, 5.74) is 1.30. The summed E-state index contributed by atoms with van der Waals surface area (Å²) in [5, 5.41) is 14.3. The van der Waals surface area contributed by atoms with Crippen molar-refractivity contribution >= 4 is 17.7 Å². The fourth-order valence-corrected chi connectivity index (χ4v) is 4.20. The standard InChI is InChI=1S/C21H32N6O2S/c1-26-20(23-24-25-26)9-14-30-17-21(28)22-10-6-13-29-19-8-5-7-18(15-19)16-27-11-3-2-4-12-27/h5,7-8,15H,2-4,6,9-14,16-17H2,1H3,(H,22,28). The molecule has 0 radical (unpaired) electrons. The quantitative estimate of drug-likeness (QED) is 0.514. The number of aryl methyl sites for hydroxylation is 2. The van der Waals surface area contributed by atoms with E-state index >= 15 is 0 Å². The highest BCUT2D eigenvalue weighted by Gasteiger charge is 2.10. The maximum atomic E-state index is 11.9. The van der Waals surface area contributed by atoms with E-state index in [0.29, 0.717) is 18.9 Å². The van der Waals surface area contributed by atoms with E-state index in [1.807, 2.05) is 13.1 Å². The molecule has 1 aromatic carbocycles. The zero-order chi connectivity index (χ0) is 21.0. The van der Waals surface area contributed by atoms with Gasteiger partial charge in [0.15, 0.2) is 5.82 Å². The van der Waals surface area contributed by atoms with Crippen molar-refractivity contribution in [2.75, 3.05) is 37.7 Å². The van der Waals surface area contributed by atoms with Crippen LogP contribution in [0.1, 0.15) is 37.1 Å². The maximum absolute atomic E-state index is 11.9. The van der Waals surface area contributed by atoms with Crippen LogP contribution >= 0.6 is 11.8 Å². The molecule has 0 bridgehead atoms. The molecule has 0 atom stereocenters. The van der Waals surface area contributed by atoms with Crippen LogP contribution in [0.3, 0.4) is 0 Å². The number of carbonyl (C=O) groups is 1. The Bertz CT molecular complexity index is 778. The molecule has 1 fully saturated rings. The molecule has 30 heavy (non-hydrogen) atoms. The molecule has 1 aliphatic heterocycles. The highest BCUT2D eigenvalue weighted by Crippen LogP contribution is 2.17. The fourth-order valence-electron chi connectivity index (χ4n) is 3.44. The molecule has 3 rings (SSSR count). The maximum Gasteiger partial charge on any atom is 0.229 e. The summed E-state index contributed by atoms with van der Waals surface area (Å²) in [6.07, 6.45) is 5.51. The minimum absolute atomic E-state index is 0.0552. The predicted octanol–water partition coefficient (Wildman–Crippen LogP) is 2.06. The van der Waals surface area contributed by atoms with Crippen molar-refractivity contribution < 1.29 is 9.53 Å². The monoisotopic (exact) mass is 432 g/mol. The van der Waals surface area contributed by atoms with Crippen molar-refractivity contribution in [1.82, 2.24) is 30.4 Å². The lowest BCUT2D eigenvalue weighted by atomic mass is 10.1. The Morgan fingerprint density at radius 3 is 2.93 bits per heavy atom. The zero-order valence-corrected chi connectivity index (χ0v) is 18.6. The second kappa shape index (κ2) is 12.5. The van der Waals surface area contributed by atoms with Crippen molar-refractivity contribution in [2.45, 2.75) is 38.6 Å². The van der Waals surface area contributed by atoms with Crippen LogP contribution in [0.25, 0.3) is 0 Å². The van der Waals surface area contributed by atoms with Gasteiger partial charge in [0.2, 0.25) is 5.91 Å². The average Bonchev–Trinajstić information content (AvgIpc) is 3.17. The van der Waals surface area contributed by atoms with Gasteiger partial charge in [0.1, 0.15) is 5.75 Å². The Morgan fingerprint density at radius 1 is 1.27 bits per heavy atom. The van der Waals surface area contributed by atoms with Gasteiger partial charge in [0, 0.05) is 32.3 Å². The molecule has 0 spiro atoms. The molecule has 2 heterocycles. The highest BCUT2D eigenvalue weighted by molar-refractivity contribution is 7.99. The number of amides is 1. The number of nitrogens with zero attached hydrogens (tertiary/aromatic N) is 5. The first-order valence-corrected chi connectivity index (χ1v) is 11.9.